The van der Waals surface area contributed by atoms with Gasteiger partial charge >= 0.3 is 0 Å². The number of rotatable bonds is 4. The Hall–Kier alpha value is -1.96. The fourth-order valence-corrected chi connectivity index (χ4v) is 5.25. The summed E-state index contributed by atoms with van der Waals surface area (Å²) < 4.78 is 0. The van der Waals surface area contributed by atoms with E-state index >= 15 is 0 Å². The number of likely N-dealkylation sites (tertiary alicyclic amines) is 2. The number of carbonyl (C=O) groups is 3. The van der Waals surface area contributed by atoms with Crippen LogP contribution in [0.1, 0.15) is 38.5 Å². The number of para-hydroxylation sites is 1. The molecule has 0 saturated carbocycles. The highest BCUT2D eigenvalue weighted by molar-refractivity contribution is 6.36. The van der Waals surface area contributed by atoms with E-state index in [9.17, 15) is 14.4 Å². The smallest absolute Gasteiger partial charge is 0.251 e. The molecule has 3 amide bonds. The van der Waals surface area contributed by atoms with E-state index < -0.39 is 11.6 Å². The van der Waals surface area contributed by atoms with Crippen molar-refractivity contribution >= 4 is 35.0 Å². The van der Waals surface area contributed by atoms with E-state index in [-0.39, 0.29) is 24.1 Å². The van der Waals surface area contributed by atoms with E-state index in [0.29, 0.717) is 36.6 Å². The number of piperidine rings is 2. The number of anilines is 1. The summed E-state index contributed by atoms with van der Waals surface area (Å²) in [7, 11) is 0. The van der Waals surface area contributed by atoms with Crippen molar-refractivity contribution in [3.05, 3.63) is 29.3 Å². The number of primary amides is 1. The van der Waals surface area contributed by atoms with E-state index in [4.69, 9.17) is 17.3 Å². The minimum atomic E-state index is -0.634. The summed E-state index contributed by atoms with van der Waals surface area (Å²) in [6, 6.07) is 6.38. The van der Waals surface area contributed by atoms with Crippen molar-refractivity contribution < 1.29 is 14.4 Å². The van der Waals surface area contributed by atoms with Crippen LogP contribution >= 0.6 is 11.6 Å². The highest BCUT2D eigenvalue weighted by Crippen LogP contribution is 2.35. The van der Waals surface area contributed by atoms with Crippen LogP contribution in [0.5, 0.6) is 0 Å². The van der Waals surface area contributed by atoms with E-state index in [0.717, 1.165) is 25.9 Å². The molecule has 0 bridgehead atoms. The molecule has 8 heteroatoms. The Morgan fingerprint density at radius 3 is 2.31 bits per heavy atom. The van der Waals surface area contributed by atoms with Gasteiger partial charge in [0.2, 0.25) is 11.8 Å². The lowest BCUT2D eigenvalue weighted by atomic mass is 9.83. The lowest BCUT2D eigenvalue weighted by Crippen LogP contribution is -2.64. The van der Waals surface area contributed by atoms with Crippen molar-refractivity contribution in [2.45, 2.75) is 50.1 Å². The molecule has 1 aromatic rings. The monoisotopic (exact) mass is 418 g/mol. The van der Waals surface area contributed by atoms with Gasteiger partial charge in [-0.25, -0.2) is 4.90 Å². The van der Waals surface area contributed by atoms with Crippen molar-refractivity contribution in [1.82, 2.24) is 9.80 Å². The molecule has 0 aromatic heterocycles. The molecule has 156 valence electrons. The first-order chi connectivity index (χ1) is 13.9. The molecular weight excluding hydrogens is 392 g/mol. The number of benzene rings is 1. The van der Waals surface area contributed by atoms with Crippen LogP contribution < -0.4 is 10.6 Å². The fraction of sp³-hybridized carbons (Fsp3) is 0.571. The standard InChI is InChI=1S/C21H27ClN4O3/c22-15-6-2-3-7-16(15)26-18(27)14-17(19(26)28)24-12-8-21(9-13-24,20(23)29)25-10-4-1-5-11-25/h2-3,6-7,17H,1,4-5,8-14H2,(H2,23,29)/t17-/m0/s1. The largest absolute Gasteiger partial charge is 0.368 e. The van der Waals surface area contributed by atoms with Crippen LogP contribution in [0.2, 0.25) is 5.02 Å². The first-order valence-corrected chi connectivity index (χ1v) is 10.7. The molecule has 3 aliphatic rings. The van der Waals surface area contributed by atoms with E-state index in [1.165, 1.54) is 11.3 Å². The maximum absolute atomic E-state index is 13.1. The Kier molecular flexibility index (Phi) is 5.64. The Labute approximate surface area is 175 Å². The van der Waals surface area contributed by atoms with E-state index in [1.54, 1.807) is 24.3 Å². The quantitative estimate of drug-likeness (QED) is 0.753. The van der Waals surface area contributed by atoms with Gasteiger partial charge in [-0.1, -0.05) is 30.2 Å². The highest BCUT2D eigenvalue weighted by atomic mass is 35.5. The van der Waals surface area contributed by atoms with Gasteiger partial charge in [-0.05, 0) is 50.9 Å². The maximum Gasteiger partial charge on any atom is 0.251 e. The summed E-state index contributed by atoms with van der Waals surface area (Å²) in [4.78, 5) is 43.6. The number of halogens is 1. The van der Waals surface area contributed by atoms with Crippen LogP contribution in [-0.2, 0) is 14.4 Å². The molecule has 0 aliphatic carbocycles. The number of hydrogen-bond acceptors (Lipinski definition) is 5. The predicted molar refractivity (Wildman–Crippen MR) is 111 cm³/mol. The number of amides is 3. The third-order valence-electron chi connectivity index (χ3n) is 6.70. The van der Waals surface area contributed by atoms with Crippen LogP contribution in [0.15, 0.2) is 24.3 Å². The third kappa shape index (κ3) is 3.56. The molecule has 0 spiro atoms. The number of imide groups is 1. The Balaban J connectivity index is 1.48. The fourth-order valence-electron chi connectivity index (χ4n) is 5.03. The first-order valence-electron chi connectivity index (χ1n) is 10.3. The summed E-state index contributed by atoms with van der Waals surface area (Å²) in [6.45, 7) is 2.92. The van der Waals surface area contributed by atoms with Crippen molar-refractivity contribution in [1.29, 1.82) is 0 Å². The molecule has 4 rings (SSSR count). The molecule has 29 heavy (non-hydrogen) atoms. The third-order valence-corrected chi connectivity index (χ3v) is 7.02. The number of carbonyl (C=O) groups excluding carboxylic acids is 3. The van der Waals surface area contributed by atoms with Gasteiger partial charge in [0.1, 0.15) is 5.54 Å². The Morgan fingerprint density at radius 2 is 1.69 bits per heavy atom. The number of hydrogen-bond donors (Lipinski definition) is 1. The lowest BCUT2D eigenvalue weighted by Gasteiger charge is -2.48. The SMILES string of the molecule is NC(=O)C1(N2CCCCC2)CCN([C@H]2CC(=O)N(c3ccccc3Cl)C2=O)CC1. The highest BCUT2D eigenvalue weighted by Gasteiger charge is 2.49. The van der Waals surface area contributed by atoms with Gasteiger partial charge in [-0.15, -0.1) is 0 Å². The van der Waals surface area contributed by atoms with E-state index in [1.807, 2.05) is 4.90 Å². The van der Waals surface area contributed by atoms with Crippen molar-refractivity contribution in [3.8, 4) is 0 Å². The second kappa shape index (κ2) is 8.05. The van der Waals surface area contributed by atoms with Crippen LogP contribution in [0.3, 0.4) is 0 Å². The van der Waals surface area contributed by atoms with E-state index in [2.05, 4.69) is 4.90 Å². The van der Waals surface area contributed by atoms with Crippen LogP contribution in [0.4, 0.5) is 5.69 Å². The zero-order chi connectivity index (χ0) is 20.6. The van der Waals surface area contributed by atoms with Crippen LogP contribution in [0.25, 0.3) is 0 Å². The maximum atomic E-state index is 13.1. The predicted octanol–water partition coefficient (Wildman–Crippen LogP) is 1.78. The first kappa shape index (κ1) is 20.3. The second-order valence-corrected chi connectivity index (χ2v) is 8.63. The molecule has 3 heterocycles. The molecule has 2 N–H and O–H groups in total. The zero-order valence-corrected chi connectivity index (χ0v) is 17.2. The Bertz CT molecular complexity index is 816. The van der Waals surface area contributed by atoms with Crippen molar-refractivity contribution in [2.75, 3.05) is 31.1 Å². The normalized spacial score (nSPS) is 26.1. The summed E-state index contributed by atoms with van der Waals surface area (Å²) >= 11 is 6.21. The number of nitrogens with two attached hydrogens (primary N) is 1. The summed E-state index contributed by atoms with van der Waals surface area (Å²) in [5.41, 5.74) is 5.65. The summed E-state index contributed by atoms with van der Waals surface area (Å²) in [6.07, 6.45) is 4.67. The van der Waals surface area contributed by atoms with Crippen molar-refractivity contribution in [3.63, 3.8) is 0 Å². The van der Waals surface area contributed by atoms with Crippen molar-refractivity contribution in [2.24, 2.45) is 5.73 Å². The average Bonchev–Trinajstić information content (AvgIpc) is 3.03. The van der Waals surface area contributed by atoms with Gasteiger partial charge in [0, 0.05) is 13.1 Å². The summed E-state index contributed by atoms with van der Waals surface area (Å²) in [5.74, 6) is -0.755. The molecule has 0 unspecified atom stereocenters. The molecule has 0 radical (unpaired) electrons. The minimum absolute atomic E-state index is 0.136. The minimum Gasteiger partial charge on any atom is -0.368 e. The molecule has 1 aromatic carbocycles. The molecule has 3 saturated heterocycles. The Morgan fingerprint density at radius 1 is 1.03 bits per heavy atom. The van der Waals surface area contributed by atoms with Crippen LogP contribution in [-0.4, -0.2) is 65.3 Å². The molecule has 7 nitrogen and oxygen atoms in total. The topological polar surface area (TPSA) is 87.0 Å². The molecular formula is C21H27ClN4O3. The average molecular weight is 419 g/mol. The summed E-state index contributed by atoms with van der Waals surface area (Å²) in [5, 5.41) is 0.381. The van der Waals surface area contributed by atoms with Gasteiger partial charge in [-0.3, -0.25) is 24.2 Å². The van der Waals surface area contributed by atoms with Crippen LogP contribution in [0, 0.1) is 0 Å². The molecule has 3 fully saturated rings. The van der Waals surface area contributed by atoms with Gasteiger partial charge in [-0.2, -0.15) is 0 Å². The zero-order valence-electron chi connectivity index (χ0n) is 16.5. The van der Waals surface area contributed by atoms with Gasteiger partial charge in [0.25, 0.3) is 5.91 Å². The lowest BCUT2D eigenvalue weighted by molar-refractivity contribution is -0.136. The van der Waals surface area contributed by atoms with Gasteiger partial charge in [0.05, 0.1) is 23.2 Å². The van der Waals surface area contributed by atoms with Gasteiger partial charge < -0.3 is 5.73 Å². The van der Waals surface area contributed by atoms with Gasteiger partial charge in [0.15, 0.2) is 0 Å². The molecule has 3 aliphatic heterocycles. The molecule has 1 atom stereocenters. The number of nitrogens with zero attached hydrogens (tertiary/aromatic N) is 3. The second-order valence-electron chi connectivity index (χ2n) is 8.22.